The SMILES string of the molecule is Cc1ccc(S(=O)(=O)N(C)c2c(C)ccc(S(=O)(=O)Nc3ccc(Br)cc3)c2C)cc1. The van der Waals surface area contributed by atoms with Crippen molar-refractivity contribution in [1.82, 2.24) is 0 Å². The topological polar surface area (TPSA) is 83.6 Å². The molecule has 0 fully saturated rings. The van der Waals surface area contributed by atoms with E-state index in [1.807, 2.05) is 6.92 Å². The van der Waals surface area contributed by atoms with Crippen molar-refractivity contribution in [2.45, 2.75) is 30.6 Å². The number of anilines is 2. The molecule has 0 saturated carbocycles. The summed E-state index contributed by atoms with van der Waals surface area (Å²) in [5, 5.41) is 0. The highest BCUT2D eigenvalue weighted by atomic mass is 79.9. The molecule has 0 aliphatic heterocycles. The smallest absolute Gasteiger partial charge is 0.264 e. The first kappa shape index (κ1) is 23.3. The zero-order valence-electron chi connectivity index (χ0n) is 17.5. The normalized spacial score (nSPS) is 11.9. The third kappa shape index (κ3) is 4.78. The van der Waals surface area contributed by atoms with Gasteiger partial charge in [0.2, 0.25) is 0 Å². The number of benzene rings is 3. The Morgan fingerprint density at radius 2 is 1.39 bits per heavy atom. The van der Waals surface area contributed by atoms with Gasteiger partial charge in [-0.2, -0.15) is 0 Å². The Morgan fingerprint density at radius 1 is 0.806 bits per heavy atom. The second kappa shape index (κ2) is 8.64. The number of nitrogens with zero attached hydrogens (tertiary/aromatic N) is 1. The summed E-state index contributed by atoms with van der Waals surface area (Å²) in [4.78, 5) is 0.155. The van der Waals surface area contributed by atoms with Crippen LogP contribution in [0.5, 0.6) is 0 Å². The van der Waals surface area contributed by atoms with E-state index in [0.29, 0.717) is 22.5 Å². The van der Waals surface area contributed by atoms with Crippen LogP contribution in [0.3, 0.4) is 0 Å². The van der Waals surface area contributed by atoms with Gasteiger partial charge in [0.15, 0.2) is 0 Å². The van der Waals surface area contributed by atoms with Gasteiger partial charge in [0, 0.05) is 17.2 Å². The number of hydrogen-bond donors (Lipinski definition) is 1. The van der Waals surface area contributed by atoms with Crippen LogP contribution >= 0.6 is 15.9 Å². The van der Waals surface area contributed by atoms with Crippen molar-refractivity contribution >= 4 is 47.4 Å². The van der Waals surface area contributed by atoms with Crippen molar-refractivity contribution in [2.75, 3.05) is 16.1 Å². The van der Waals surface area contributed by atoms with Crippen LogP contribution in [-0.2, 0) is 20.0 Å². The lowest BCUT2D eigenvalue weighted by molar-refractivity contribution is 0.592. The van der Waals surface area contributed by atoms with Crippen LogP contribution in [0.2, 0.25) is 0 Å². The van der Waals surface area contributed by atoms with Crippen molar-refractivity contribution in [2.24, 2.45) is 0 Å². The molecule has 6 nitrogen and oxygen atoms in total. The molecule has 0 unspecified atom stereocenters. The van der Waals surface area contributed by atoms with Crippen molar-refractivity contribution in [3.8, 4) is 0 Å². The predicted octanol–water partition coefficient (Wildman–Crippen LogP) is 5.00. The predicted molar refractivity (Wildman–Crippen MR) is 128 cm³/mol. The molecule has 0 radical (unpaired) electrons. The molecule has 0 aromatic heterocycles. The van der Waals surface area contributed by atoms with Crippen molar-refractivity contribution in [3.05, 3.63) is 81.8 Å². The Balaban J connectivity index is 2.06. The highest BCUT2D eigenvalue weighted by molar-refractivity contribution is 9.10. The Morgan fingerprint density at radius 3 is 1.97 bits per heavy atom. The molecule has 0 atom stereocenters. The van der Waals surface area contributed by atoms with E-state index in [1.165, 1.54) is 13.1 Å². The van der Waals surface area contributed by atoms with Gasteiger partial charge in [-0.1, -0.05) is 39.7 Å². The Bertz CT molecular complexity index is 1320. The summed E-state index contributed by atoms with van der Waals surface area (Å²) in [5.74, 6) is 0. The van der Waals surface area contributed by atoms with Crippen molar-refractivity contribution < 1.29 is 16.8 Å². The summed E-state index contributed by atoms with van der Waals surface area (Å²) < 4.78 is 57.0. The molecule has 31 heavy (non-hydrogen) atoms. The Hall–Kier alpha value is -2.36. The van der Waals surface area contributed by atoms with E-state index in [0.717, 1.165) is 14.3 Å². The van der Waals surface area contributed by atoms with Crippen LogP contribution in [0, 0.1) is 20.8 Å². The molecule has 164 valence electrons. The number of sulfonamides is 2. The molecule has 0 saturated heterocycles. The standard InChI is InChI=1S/C22H23BrN2O4S2/c1-15-5-12-20(13-6-15)31(28,29)25(4)22-16(2)7-14-21(17(22)3)30(26,27)24-19-10-8-18(23)9-11-19/h5-14,24H,1-4H3. The summed E-state index contributed by atoms with van der Waals surface area (Å²) in [7, 11) is -6.37. The minimum absolute atomic E-state index is 0.0157. The lowest BCUT2D eigenvalue weighted by Gasteiger charge is -2.25. The van der Waals surface area contributed by atoms with Gasteiger partial charge in [0.25, 0.3) is 20.0 Å². The minimum Gasteiger partial charge on any atom is -0.280 e. The van der Waals surface area contributed by atoms with Crippen molar-refractivity contribution in [1.29, 1.82) is 0 Å². The van der Waals surface area contributed by atoms with Gasteiger partial charge < -0.3 is 0 Å². The fraction of sp³-hybridized carbons (Fsp3) is 0.182. The van der Waals surface area contributed by atoms with Gasteiger partial charge in [-0.3, -0.25) is 9.03 Å². The van der Waals surface area contributed by atoms with Crippen LogP contribution in [0.1, 0.15) is 16.7 Å². The summed E-state index contributed by atoms with van der Waals surface area (Å²) >= 11 is 3.32. The average Bonchev–Trinajstić information content (AvgIpc) is 2.69. The third-order valence-corrected chi connectivity index (χ3v) is 8.79. The van der Waals surface area contributed by atoms with Crippen LogP contribution < -0.4 is 9.03 Å². The third-order valence-electron chi connectivity index (χ3n) is 4.96. The number of nitrogens with one attached hydrogen (secondary N) is 1. The molecule has 0 bridgehead atoms. The molecule has 3 aromatic rings. The lowest BCUT2D eigenvalue weighted by Crippen LogP contribution is -2.28. The van der Waals surface area contributed by atoms with Crippen molar-refractivity contribution in [3.63, 3.8) is 0 Å². The van der Waals surface area contributed by atoms with E-state index in [-0.39, 0.29) is 9.79 Å². The maximum absolute atomic E-state index is 13.2. The second-order valence-electron chi connectivity index (χ2n) is 7.25. The Labute approximate surface area is 192 Å². The van der Waals surface area contributed by atoms with Gasteiger partial charge in [-0.05, 0) is 74.4 Å². The number of rotatable bonds is 6. The fourth-order valence-corrected chi connectivity index (χ4v) is 6.19. The van der Waals surface area contributed by atoms with Gasteiger partial charge >= 0.3 is 0 Å². The van der Waals surface area contributed by atoms with Gasteiger partial charge in [0.05, 0.1) is 15.5 Å². The van der Waals surface area contributed by atoms with Crippen LogP contribution in [-0.4, -0.2) is 23.9 Å². The minimum atomic E-state index is -3.93. The molecule has 3 rings (SSSR count). The van der Waals surface area contributed by atoms with E-state index >= 15 is 0 Å². The molecule has 1 N–H and O–H groups in total. The molecule has 0 heterocycles. The second-order valence-corrected chi connectivity index (χ2v) is 11.8. The molecule has 9 heteroatoms. The fourth-order valence-electron chi connectivity index (χ4n) is 3.31. The first-order chi connectivity index (χ1) is 14.4. The van der Waals surface area contributed by atoms with Gasteiger partial charge in [-0.15, -0.1) is 0 Å². The van der Waals surface area contributed by atoms with Crippen LogP contribution in [0.25, 0.3) is 0 Å². The zero-order valence-corrected chi connectivity index (χ0v) is 20.8. The average molecular weight is 523 g/mol. The molecular weight excluding hydrogens is 500 g/mol. The lowest BCUT2D eigenvalue weighted by atomic mass is 10.1. The highest BCUT2D eigenvalue weighted by Crippen LogP contribution is 2.33. The molecule has 0 spiro atoms. The van der Waals surface area contributed by atoms with E-state index in [4.69, 9.17) is 0 Å². The van der Waals surface area contributed by atoms with E-state index in [1.54, 1.807) is 68.4 Å². The number of hydrogen-bond acceptors (Lipinski definition) is 4. The largest absolute Gasteiger partial charge is 0.280 e. The van der Waals surface area contributed by atoms with Crippen LogP contribution in [0.4, 0.5) is 11.4 Å². The summed E-state index contributed by atoms with van der Waals surface area (Å²) in [6.07, 6.45) is 0. The molecule has 3 aromatic carbocycles. The molecule has 0 amide bonds. The maximum atomic E-state index is 13.2. The number of halogens is 1. The summed E-state index contributed by atoms with van der Waals surface area (Å²) in [6, 6.07) is 16.4. The zero-order chi connectivity index (χ0) is 23.0. The van der Waals surface area contributed by atoms with E-state index in [2.05, 4.69) is 20.7 Å². The van der Waals surface area contributed by atoms with E-state index < -0.39 is 20.0 Å². The molecule has 0 aliphatic carbocycles. The quantitative estimate of drug-likeness (QED) is 0.493. The van der Waals surface area contributed by atoms with Gasteiger partial charge in [0.1, 0.15) is 0 Å². The maximum Gasteiger partial charge on any atom is 0.264 e. The Kier molecular flexibility index (Phi) is 6.50. The van der Waals surface area contributed by atoms with E-state index in [9.17, 15) is 16.8 Å². The summed E-state index contributed by atoms with van der Waals surface area (Å²) in [6.45, 7) is 5.24. The monoisotopic (exact) mass is 522 g/mol. The van der Waals surface area contributed by atoms with Gasteiger partial charge in [-0.25, -0.2) is 16.8 Å². The van der Waals surface area contributed by atoms with Crippen LogP contribution in [0.15, 0.2) is 74.9 Å². The highest BCUT2D eigenvalue weighted by Gasteiger charge is 2.27. The molecule has 0 aliphatic rings. The number of aryl methyl sites for hydroxylation is 2. The first-order valence-electron chi connectivity index (χ1n) is 9.37. The first-order valence-corrected chi connectivity index (χ1v) is 13.1. The summed E-state index contributed by atoms with van der Waals surface area (Å²) in [5.41, 5.74) is 2.69. The molecular formula is C22H23BrN2O4S2.